The van der Waals surface area contributed by atoms with Gasteiger partial charge in [0.1, 0.15) is 5.76 Å². The van der Waals surface area contributed by atoms with Crippen molar-refractivity contribution in [2.24, 2.45) is 5.92 Å². The summed E-state index contributed by atoms with van der Waals surface area (Å²) in [6.45, 7) is 3.32. The number of rotatable bonds is 14. The lowest BCUT2D eigenvalue weighted by Gasteiger charge is -2.22. The molecule has 0 spiro atoms. The molecule has 0 bridgehead atoms. The van der Waals surface area contributed by atoms with Crippen LogP contribution >= 0.6 is 0 Å². The van der Waals surface area contributed by atoms with E-state index in [2.05, 4.69) is 15.8 Å². The first-order valence-corrected chi connectivity index (χ1v) is 13.3. The molecule has 1 aromatic carbocycles. The number of benzene rings is 1. The van der Waals surface area contributed by atoms with E-state index in [1.165, 1.54) is 32.1 Å². The minimum absolute atomic E-state index is 0.196. The van der Waals surface area contributed by atoms with Gasteiger partial charge in [-0.25, -0.2) is 10.5 Å². The van der Waals surface area contributed by atoms with Gasteiger partial charge in [0, 0.05) is 25.4 Å². The van der Waals surface area contributed by atoms with Crippen molar-refractivity contribution in [3.05, 3.63) is 53.2 Å². The number of likely N-dealkylation sites (N-methyl/N-ethyl adjacent to an activating group) is 1. The molecular weight excluding hydrogens is 456 g/mol. The molecule has 2 aromatic rings. The summed E-state index contributed by atoms with van der Waals surface area (Å²) >= 11 is 0. The third kappa shape index (κ3) is 9.39. The Hall–Kier alpha value is -2.71. The van der Waals surface area contributed by atoms with Gasteiger partial charge in [-0.3, -0.25) is 14.4 Å². The number of oxazole rings is 1. The molecular formula is C28H42N4O4. The number of hydroxylamine groups is 1. The van der Waals surface area contributed by atoms with Gasteiger partial charge in [0.05, 0.1) is 6.61 Å². The first-order chi connectivity index (χ1) is 17.4. The maximum absolute atomic E-state index is 12.7. The predicted molar refractivity (Wildman–Crippen MR) is 139 cm³/mol. The number of nitrogens with one attached hydrogen (secondary N) is 2. The highest BCUT2D eigenvalue weighted by Crippen LogP contribution is 2.32. The number of nitrogens with zero attached hydrogens (tertiary/aromatic N) is 2. The van der Waals surface area contributed by atoms with Crippen LogP contribution in [0.25, 0.3) is 0 Å². The Kier molecular flexibility index (Phi) is 11.4. The van der Waals surface area contributed by atoms with Crippen LogP contribution in [0.4, 0.5) is 0 Å². The highest BCUT2D eigenvalue weighted by Gasteiger charge is 2.26. The molecule has 36 heavy (non-hydrogen) atoms. The molecule has 198 valence electrons. The summed E-state index contributed by atoms with van der Waals surface area (Å²) in [5.74, 6) is 1.02. The summed E-state index contributed by atoms with van der Waals surface area (Å²) in [7, 11) is 3.91. The van der Waals surface area contributed by atoms with Crippen molar-refractivity contribution < 1.29 is 18.8 Å². The smallest absolute Gasteiger partial charge is 0.273 e. The molecule has 1 aliphatic carbocycles. The molecule has 0 aliphatic heterocycles. The van der Waals surface area contributed by atoms with Crippen molar-refractivity contribution in [2.45, 2.75) is 77.2 Å². The standard InChI is InChI=1S/C28H42N4O4/c1-21-26(27(34)29-17-18-32(2)3)30-28(36-21)24(16-10-15-22-11-6-4-7-12-22)19-25(33)31-35-20-23-13-8-5-9-14-23/h5,8-9,13-14,22,24H,4,6-7,10-12,15-20H2,1-3H3,(H,29,34)(H,31,33). The summed E-state index contributed by atoms with van der Waals surface area (Å²) in [4.78, 5) is 37.3. The van der Waals surface area contributed by atoms with Gasteiger partial charge >= 0.3 is 0 Å². The topological polar surface area (TPSA) is 96.7 Å². The van der Waals surface area contributed by atoms with E-state index < -0.39 is 0 Å². The summed E-state index contributed by atoms with van der Waals surface area (Å²) in [5, 5.41) is 2.89. The Bertz CT molecular complexity index is 938. The molecule has 1 saturated carbocycles. The van der Waals surface area contributed by atoms with E-state index in [4.69, 9.17) is 9.25 Å². The van der Waals surface area contributed by atoms with Crippen LogP contribution in [0.3, 0.4) is 0 Å². The van der Waals surface area contributed by atoms with Gasteiger partial charge in [-0.05, 0) is 38.9 Å². The monoisotopic (exact) mass is 498 g/mol. The van der Waals surface area contributed by atoms with E-state index in [9.17, 15) is 9.59 Å². The van der Waals surface area contributed by atoms with Gasteiger partial charge in [-0.15, -0.1) is 0 Å². The Morgan fingerprint density at radius 1 is 1.17 bits per heavy atom. The molecule has 2 N–H and O–H groups in total. The molecule has 1 atom stereocenters. The molecule has 0 saturated heterocycles. The van der Waals surface area contributed by atoms with Crippen LogP contribution in [-0.4, -0.2) is 48.9 Å². The van der Waals surface area contributed by atoms with Gasteiger partial charge in [0.25, 0.3) is 5.91 Å². The zero-order chi connectivity index (χ0) is 25.8. The Morgan fingerprint density at radius 2 is 1.92 bits per heavy atom. The van der Waals surface area contributed by atoms with E-state index >= 15 is 0 Å². The molecule has 2 amide bonds. The fourth-order valence-electron chi connectivity index (χ4n) is 4.76. The minimum atomic E-state index is -0.249. The maximum atomic E-state index is 12.7. The van der Waals surface area contributed by atoms with Gasteiger partial charge < -0.3 is 14.6 Å². The molecule has 3 rings (SSSR count). The number of aryl methyl sites for hydroxylation is 1. The van der Waals surface area contributed by atoms with E-state index in [0.717, 1.165) is 37.3 Å². The Balaban J connectivity index is 1.59. The van der Waals surface area contributed by atoms with E-state index in [1.54, 1.807) is 6.92 Å². The van der Waals surface area contributed by atoms with E-state index in [-0.39, 0.29) is 24.2 Å². The second kappa shape index (κ2) is 14.8. The molecule has 8 heteroatoms. The summed E-state index contributed by atoms with van der Waals surface area (Å²) in [6, 6.07) is 9.70. The minimum Gasteiger partial charge on any atom is -0.445 e. The number of carbonyl (C=O) groups is 2. The first kappa shape index (κ1) is 27.9. The Labute approximate surface area is 215 Å². The molecule has 1 fully saturated rings. The summed E-state index contributed by atoms with van der Waals surface area (Å²) in [6.07, 6.45) is 9.71. The number of hydrogen-bond acceptors (Lipinski definition) is 6. The van der Waals surface area contributed by atoms with Crippen molar-refractivity contribution in [3.63, 3.8) is 0 Å². The Morgan fingerprint density at radius 3 is 2.64 bits per heavy atom. The summed E-state index contributed by atoms with van der Waals surface area (Å²) in [5.41, 5.74) is 3.84. The van der Waals surface area contributed by atoms with Crippen LogP contribution in [0.15, 0.2) is 34.7 Å². The van der Waals surface area contributed by atoms with Crippen LogP contribution < -0.4 is 10.8 Å². The van der Waals surface area contributed by atoms with Crippen molar-refractivity contribution in [2.75, 3.05) is 27.2 Å². The van der Waals surface area contributed by atoms with Crippen molar-refractivity contribution in [1.82, 2.24) is 20.7 Å². The van der Waals surface area contributed by atoms with Crippen molar-refractivity contribution >= 4 is 11.8 Å². The number of amides is 2. The highest BCUT2D eigenvalue weighted by atomic mass is 16.6. The van der Waals surface area contributed by atoms with E-state index in [0.29, 0.717) is 30.5 Å². The fraction of sp³-hybridized carbons (Fsp3) is 0.607. The molecule has 1 aliphatic rings. The average molecular weight is 499 g/mol. The highest BCUT2D eigenvalue weighted by molar-refractivity contribution is 5.93. The number of hydrogen-bond donors (Lipinski definition) is 2. The molecule has 1 unspecified atom stereocenters. The average Bonchev–Trinajstić information content (AvgIpc) is 3.26. The number of aromatic nitrogens is 1. The lowest BCUT2D eigenvalue weighted by atomic mass is 9.84. The SMILES string of the molecule is Cc1oc(C(CCCC2CCCCC2)CC(=O)NOCc2ccccc2)nc1C(=O)NCCN(C)C. The van der Waals surface area contributed by atoms with Gasteiger partial charge in [-0.2, -0.15) is 0 Å². The maximum Gasteiger partial charge on any atom is 0.273 e. The zero-order valence-corrected chi connectivity index (χ0v) is 22.1. The fourth-order valence-corrected chi connectivity index (χ4v) is 4.76. The number of carbonyl (C=O) groups excluding carboxylic acids is 2. The molecule has 1 aromatic heterocycles. The third-order valence-corrected chi connectivity index (χ3v) is 6.81. The van der Waals surface area contributed by atoms with Gasteiger partial charge in [0.2, 0.25) is 5.91 Å². The third-order valence-electron chi connectivity index (χ3n) is 6.81. The normalized spacial score (nSPS) is 15.1. The van der Waals surface area contributed by atoms with Crippen LogP contribution in [0, 0.1) is 12.8 Å². The summed E-state index contributed by atoms with van der Waals surface area (Å²) < 4.78 is 5.94. The van der Waals surface area contributed by atoms with E-state index in [1.807, 2.05) is 49.3 Å². The predicted octanol–water partition coefficient (Wildman–Crippen LogP) is 4.75. The molecule has 0 radical (unpaired) electrons. The molecule has 8 nitrogen and oxygen atoms in total. The molecule has 1 heterocycles. The van der Waals surface area contributed by atoms with Crippen LogP contribution in [0.2, 0.25) is 0 Å². The van der Waals surface area contributed by atoms with Crippen molar-refractivity contribution in [3.8, 4) is 0 Å². The first-order valence-electron chi connectivity index (χ1n) is 13.3. The lowest BCUT2D eigenvalue weighted by Crippen LogP contribution is -2.31. The van der Waals surface area contributed by atoms with Crippen LogP contribution in [0.1, 0.15) is 91.4 Å². The van der Waals surface area contributed by atoms with Gasteiger partial charge in [0.15, 0.2) is 11.6 Å². The quantitative estimate of drug-likeness (QED) is 0.365. The van der Waals surface area contributed by atoms with Crippen molar-refractivity contribution in [1.29, 1.82) is 0 Å². The second-order valence-corrected chi connectivity index (χ2v) is 10.2. The zero-order valence-electron chi connectivity index (χ0n) is 22.1. The van der Waals surface area contributed by atoms with Gasteiger partial charge in [-0.1, -0.05) is 75.3 Å². The van der Waals surface area contributed by atoms with Crippen LogP contribution in [0.5, 0.6) is 0 Å². The second-order valence-electron chi connectivity index (χ2n) is 10.2. The lowest BCUT2D eigenvalue weighted by molar-refractivity contribution is -0.135. The largest absolute Gasteiger partial charge is 0.445 e. The van der Waals surface area contributed by atoms with Crippen LogP contribution in [-0.2, 0) is 16.2 Å².